The molecular weight excluding hydrogens is 376 g/mol. The third kappa shape index (κ3) is 2.62. The average molecular weight is 398 g/mol. The van der Waals surface area contributed by atoms with E-state index in [9.17, 15) is 9.59 Å². The maximum atomic E-state index is 13.4. The first kappa shape index (κ1) is 18.4. The quantitative estimate of drug-likeness (QED) is 0.672. The van der Waals surface area contributed by atoms with Crippen molar-refractivity contribution in [3.8, 4) is 6.07 Å². The van der Waals surface area contributed by atoms with E-state index in [1.807, 2.05) is 30.3 Å². The maximum Gasteiger partial charge on any atom is 0.328 e. The number of carbonyl (C=O) groups excluding carboxylic acids is 2. The molecular formula is C24H22N4O2. The van der Waals surface area contributed by atoms with Gasteiger partial charge in [0.1, 0.15) is 12.1 Å². The number of rotatable bonds is 4. The van der Waals surface area contributed by atoms with Gasteiger partial charge in [-0.15, -0.1) is 0 Å². The number of amides is 3. The molecule has 2 atom stereocenters. The van der Waals surface area contributed by atoms with Gasteiger partial charge in [0.15, 0.2) is 0 Å². The van der Waals surface area contributed by atoms with Crippen molar-refractivity contribution < 1.29 is 9.59 Å². The summed E-state index contributed by atoms with van der Waals surface area (Å²) in [7, 11) is 0. The minimum absolute atomic E-state index is 0.108. The zero-order valence-corrected chi connectivity index (χ0v) is 16.8. The highest BCUT2D eigenvalue weighted by Gasteiger charge is 2.52. The lowest BCUT2D eigenvalue weighted by molar-refractivity contribution is -0.128. The monoisotopic (exact) mass is 398 g/mol. The van der Waals surface area contributed by atoms with Crippen LogP contribution in [0.5, 0.6) is 0 Å². The van der Waals surface area contributed by atoms with Crippen molar-refractivity contribution in [2.45, 2.75) is 38.3 Å². The second kappa shape index (κ2) is 7.03. The fraction of sp³-hybridized carbons (Fsp3) is 0.292. The van der Waals surface area contributed by atoms with Crippen molar-refractivity contribution in [3.63, 3.8) is 0 Å². The Labute approximate surface area is 174 Å². The molecule has 0 saturated carbocycles. The van der Waals surface area contributed by atoms with Crippen LogP contribution < -0.4 is 0 Å². The molecule has 5 rings (SSSR count). The van der Waals surface area contributed by atoms with Crippen molar-refractivity contribution in [1.82, 2.24) is 14.8 Å². The Hall–Kier alpha value is -3.59. The van der Waals surface area contributed by atoms with Crippen LogP contribution in [-0.4, -0.2) is 39.3 Å². The minimum atomic E-state index is -0.498. The second-order valence-corrected chi connectivity index (χ2v) is 7.95. The Morgan fingerprint density at radius 1 is 1.13 bits per heavy atom. The molecule has 6 nitrogen and oxygen atoms in total. The van der Waals surface area contributed by atoms with Crippen LogP contribution >= 0.6 is 0 Å². The fourth-order valence-corrected chi connectivity index (χ4v) is 4.74. The number of nitrogens with one attached hydrogen (secondary N) is 1. The lowest BCUT2D eigenvalue weighted by atomic mass is 9.88. The van der Waals surface area contributed by atoms with Gasteiger partial charge >= 0.3 is 6.03 Å². The van der Waals surface area contributed by atoms with Crippen LogP contribution in [0, 0.1) is 11.3 Å². The number of fused-ring (bicyclic) bond motifs is 4. The summed E-state index contributed by atoms with van der Waals surface area (Å²) < 4.78 is 0. The molecule has 2 aliphatic heterocycles. The van der Waals surface area contributed by atoms with Gasteiger partial charge in [0, 0.05) is 29.6 Å². The van der Waals surface area contributed by atoms with Gasteiger partial charge in [-0.1, -0.05) is 43.7 Å². The average Bonchev–Trinajstić information content (AvgIpc) is 3.26. The van der Waals surface area contributed by atoms with Crippen molar-refractivity contribution in [3.05, 3.63) is 70.9 Å². The number of aromatic amines is 1. The van der Waals surface area contributed by atoms with Crippen molar-refractivity contribution >= 4 is 22.8 Å². The molecule has 1 N–H and O–H groups in total. The topological polar surface area (TPSA) is 80.2 Å². The van der Waals surface area contributed by atoms with Crippen LogP contribution in [-0.2, 0) is 11.2 Å². The van der Waals surface area contributed by atoms with E-state index in [2.05, 4.69) is 24.0 Å². The number of carbonyl (C=O) groups is 2. The van der Waals surface area contributed by atoms with Gasteiger partial charge in [0.05, 0.1) is 11.6 Å². The van der Waals surface area contributed by atoms with Gasteiger partial charge in [-0.05, 0) is 35.7 Å². The molecule has 3 amide bonds. The Morgan fingerprint density at radius 3 is 2.63 bits per heavy atom. The number of hydrogen-bond acceptors (Lipinski definition) is 3. The van der Waals surface area contributed by atoms with Crippen molar-refractivity contribution in [2.24, 2.45) is 0 Å². The second-order valence-electron chi connectivity index (χ2n) is 7.95. The first-order valence-electron chi connectivity index (χ1n) is 10.4. The first-order chi connectivity index (χ1) is 14.6. The largest absolute Gasteiger partial charge is 0.356 e. The fourth-order valence-electron chi connectivity index (χ4n) is 4.74. The predicted octanol–water partition coefficient (Wildman–Crippen LogP) is 4.12. The number of unbranched alkanes of at least 4 members (excludes halogenated alkanes) is 1. The number of benzene rings is 2. The van der Waals surface area contributed by atoms with E-state index in [0.29, 0.717) is 18.5 Å². The van der Waals surface area contributed by atoms with E-state index in [4.69, 9.17) is 5.26 Å². The molecule has 2 aliphatic rings. The zero-order chi connectivity index (χ0) is 20.8. The number of nitriles is 1. The first-order valence-corrected chi connectivity index (χ1v) is 10.4. The standard InChI is InChI=1S/C24H22N4O2/c1-2-3-12-27-23(29)20-13-18-17-6-4-5-7-19(17)26-21(18)22(28(20)24(27)30)16-10-8-15(14-25)9-11-16/h4-11,20,22,26H,2-3,12-13H2,1H3/t20-,22-/m0/s1. The summed E-state index contributed by atoms with van der Waals surface area (Å²) >= 11 is 0. The molecule has 1 fully saturated rings. The number of urea groups is 1. The summed E-state index contributed by atoms with van der Waals surface area (Å²) in [6.07, 6.45) is 2.23. The highest BCUT2D eigenvalue weighted by molar-refractivity contribution is 6.05. The van der Waals surface area contributed by atoms with Gasteiger partial charge in [-0.25, -0.2) is 4.79 Å². The molecule has 30 heavy (non-hydrogen) atoms. The van der Waals surface area contributed by atoms with Crippen molar-refractivity contribution in [2.75, 3.05) is 6.54 Å². The molecule has 3 heterocycles. The lowest BCUT2D eigenvalue weighted by Crippen LogP contribution is -2.44. The molecule has 6 heteroatoms. The molecule has 0 bridgehead atoms. The summed E-state index contributed by atoms with van der Waals surface area (Å²) in [5, 5.41) is 10.3. The molecule has 2 aromatic carbocycles. The van der Waals surface area contributed by atoms with Crippen LogP contribution in [0.25, 0.3) is 10.9 Å². The molecule has 0 spiro atoms. The SMILES string of the molecule is CCCCN1C(=O)[C@@H]2Cc3c([nH]c4ccccc34)[C@H](c3ccc(C#N)cc3)N2C1=O. The Balaban J connectivity index is 1.67. The summed E-state index contributed by atoms with van der Waals surface area (Å²) in [5.41, 5.74) is 4.52. The highest BCUT2D eigenvalue weighted by Crippen LogP contribution is 2.44. The molecule has 3 aromatic rings. The minimum Gasteiger partial charge on any atom is -0.356 e. The van der Waals surface area contributed by atoms with Crippen LogP contribution in [0.2, 0.25) is 0 Å². The smallest absolute Gasteiger partial charge is 0.328 e. The Kier molecular flexibility index (Phi) is 4.32. The lowest BCUT2D eigenvalue weighted by Gasteiger charge is -2.36. The third-order valence-corrected chi connectivity index (χ3v) is 6.23. The van der Waals surface area contributed by atoms with Crippen LogP contribution in [0.1, 0.15) is 48.2 Å². The summed E-state index contributed by atoms with van der Waals surface area (Å²) in [6, 6.07) is 16.4. The number of para-hydroxylation sites is 1. The number of nitrogens with zero attached hydrogens (tertiary/aromatic N) is 3. The molecule has 1 saturated heterocycles. The summed E-state index contributed by atoms with van der Waals surface area (Å²) in [6.45, 7) is 2.50. The van der Waals surface area contributed by atoms with Crippen LogP contribution in [0.3, 0.4) is 0 Å². The van der Waals surface area contributed by atoms with E-state index in [1.54, 1.807) is 17.0 Å². The van der Waals surface area contributed by atoms with Gasteiger partial charge in [0.25, 0.3) is 5.91 Å². The number of H-pyrrole nitrogens is 1. The predicted molar refractivity (Wildman–Crippen MR) is 113 cm³/mol. The Bertz CT molecular complexity index is 1190. The number of imide groups is 1. The summed E-state index contributed by atoms with van der Waals surface area (Å²) in [4.78, 5) is 33.2. The normalized spacial score (nSPS) is 20.4. The molecule has 1 aromatic heterocycles. The molecule has 0 aliphatic carbocycles. The number of hydrogen-bond donors (Lipinski definition) is 1. The van der Waals surface area contributed by atoms with Gasteiger partial charge in [-0.3, -0.25) is 14.6 Å². The van der Waals surface area contributed by atoms with Crippen LogP contribution in [0.15, 0.2) is 48.5 Å². The zero-order valence-electron chi connectivity index (χ0n) is 16.8. The van der Waals surface area contributed by atoms with Gasteiger partial charge < -0.3 is 4.98 Å². The molecule has 0 unspecified atom stereocenters. The van der Waals surface area contributed by atoms with Gasteiger partial charge in [0.2, 0.25) is 0 Å². The number of aromatic nitrogens is 1. The van der Waals surface area contributed by atoms with Crippen molar-refractivity contribution in [1.29, 1.82) is 5.26 Å². The Morgan fingerprint density at radius 2 is 1.90 bits per heavy atom. The van der Waals surface area contributed by atoms with E-state index in [-0.39, 0.29) is 18.0 Å². The molecule has 150 valence electrons. The highest BCUT2D eigenvalue weighted by atomic mass is 16.2. The van der Waals surface area contributed by atoms with E-state index < -0.39 is 6.04 Å². The van der Waals surface area contributed by atoms with Gasteiger partial charge in [-0.2, -0.15) is 5.26 Å². The van der Waals surface area contributed by atoms with E-state index >= 15 is 0 Å². The molecule has 0 radical (unpaired) electrons. The maximum absolute atomic E-state index is 13.4. The summed E-state index contributed by atoms with van der Waals surface area (Å²) in [5.74, 6) is -0.108. The van der Waals surface area contributed by atoms with E-state index in [1.165, 1.54) is 4.90 Å². The third-order valence-electron chi connectivity index (χ3n) is 6.23. The van der Waals surface area contributed by atoms with E-state index in [0.717, 1.165) is 40.6 Å². The van der Waals surface area contributed by atoms with Crippen LogP contribution in [0.4, 0.5) is 4.79 Å².